The van der Waals surface area contributed by atoms with E-state index in [-0.39, 0.29) is 18.4 Å². The van der Waals surface area contributed by atoms with Crippen LogP contribution < -0.4 is 19.5 Å². The third-order valence-electron chi connectivity index (χ3n) is 4.09. The fourth-order valence-electron chi connectivity index (χ4n) is 2.91. The summed E-state index contributed by atoms with van der Waals surface area (Å²) >= 11 is 6.18. The van der Waals surface area contributed by atoms with Gasteiger partial charge >= 0.3 is 0 Å². The maximum absolute atomic E-state index is 12.4. The van der Waals surface area contributed by atoms with Gasteiger partial charge in [-0.15, -0.1) is 0 Å². The molecule has 5 nitrogen and oxygen atoms in total. The molecule has 27 heavy (non-hydrogen) atoms. The molecule has 0 spiro atoms. The lowest BCUT2D eigenvalue weighted by Crippen LogP contribution is -2.35. The van der Waals surface area contributed by atoms with E-state index in [4.69, 9.17) is 25.8 Å². The normalized spacial score (nSPS) is 11.6. The van der Waals surface area contributed by atoms with Crippen molar-refractivity contribution in [2.45, 2.75) is 32.7 Å². The molecule has 0 aliphatic rings. The molecule has 0 heterocycles. The summed E-state index contributed by atoms with van der Waals surface area (Å²) in [5.74, 6) is 1.85. The lowest BCUT2D eigenvalue weighted by atomic mass is 10.1. The van der Waals surface area contributed by atoms with Gasteiger partial charge in [0.15, 0.2) is 11.5 Å². The molecule has 0 unspecified atom stereocenters. The van der Waals surface area contributed by atoms with Gasteiger partial charge in [0.2, 0.25) is 5.91 Å². The van der Waals surface area contributed by atoms with Crippen LogP contribution in [0.1, 0.15) is 25.0 Å². The smallest absolute Gasteiger partial charge is 0.224 e. The fraction of sp³-hybridized carbons (Fsp3) is 0.381. The number of ether oxygens (including phenoxy) is 3. The van der Waals surface area contributed by atoms with Gasteiger partial charge in [0, 0.05) is 11.6 Å². The predicted molar refractivity (Wildman–Crippen MR) is 107 cm³/mol. The van der Waals surface area contributed by atoms with Gasteiger partial charge in [-0.2, -0.15) is 0 Å². The van der Waals surface area contributed by atoms with E-state index >= 15 is 0 Å². The zero-order valence-corrected chi connectivity index (χ0v) is 16.9. The number of carbonyl (C=O) groups is 1. The van der Waals surface area contributed by atoms with Gasteiger partial charge < -0.3 is 19.5 Å². The van der Waals surface area contributed by atoms with E-state index in [9.17, 15) is 4.79 Å². The second-order valence-electron chi connectivity index (χ2n) is 6.20. The predicted octanol–water partition coefficient (Wildman–Crippen LogP) is 4.05. The maximum atomic E-state index is 12.4. The third-order valence-corrected chi connectivity index (χ3v) is 4.38. The first-order chi connectivity index (χ1) is 13.0. The van der Waals surface area contributed by atoms with Crippen molar-refractivity contribution in [3.8, 4) is 17.2 Å². The molecule has 0 aromatic heterocycles. The summed E-state index contributed by atoms with van der Waals surface area (Å²) < 4.78 is 16.2. The number of benzene rings is 2. The molecule has 0 saturated heterocycles. The Bertz CT molecular complexity index is 779. The second kappa shape index (κ2) is 10.1. The molecule has 0 aliphatic heterocycles. The summed E-state index contributed by atoms with van der Waals surface area (Å²) in [5, 5.41) is 3.54. The lowest BCUT2D eigenvalue weighted by molar-refractivity contribution is -0.121. The van der Waals surface area contributed by atoms with E-state index < -0.39 is 0 Å². The Hall–Kier alpha value is -2.40. The first kappa shape index (κ1) is 20.9. The van der Waals surface area contributed by atoms with Crippen molar-refractivity contribution in [1.82, 2.24) is 5.32 Å². The monoisotopic (exact) mass is 391 g/mol. The fourth-order valence-corrected chi connectivity index (χ4v) is 3.16. The molecule has 0 saturated carbocycles. The lowest BCUT2D eigenvalue weighted by Gasteiger charge is -2.17. The highest BCUT2D eigenvalue weighted by Crippen LogP contribution is 2.29. The summed E-state index contributed by atoms with van der Waals surface area (Å²) in [7, 11) is 3.21. The summed E-state index contributed by atoms with van der Waals surface area (Å²) in [5.41, 5.74) is 1.83. The zero-order chi connectivity index (χ0) is 19.8. The molecular formula is C21H26ClNO4. The van der Waals surface area contributed by atoms with E-state index in [2.05, 4.69) is 5.32 Å². The quantitative estimate of drug-likeness (QED) is 0.700. The van der Waals surface area contributed by atoms with Gasteiger partial charge in [-0.05, 0) is 44.0 Å². The summed E-state index contributed by atoms with van der Waals surface area (Å²) in [6, 6.07) is 11.2. The third kappa shape index (κ3) is 5.79. The number of nitrogens with one attached hydrogen (secondary N) is 1. The number of para-hydroxylation sites is 1. The number of methoxy groups -OCH3 is 2. The van der Waals surface area contributed by atoms with Crippen LogP contribution in [0.4, 0.5) is 0 Å². The molecular weight excluding hydrogens is 366 g/mol. The molecule has 1 N–H and O–H groups in total. The van der Waals surface area contributed by atoms with Crippen LogP contribution in [0.3, 0.4) is 0 Å². The number of hydrogen-bond donors (Lipinski definition) is 1. The minimum atomic E-state index is -0.0776. The van der Waals surface area contributed by atoms with Gasteiger partial charge in [-0.3, -0.25) is 4.79 Å². The highest BCUT2D eigenvalue weighted by Gasteiger charge is 2.15. The van der Waals surface area contributed by atoms with E-state index in [0.717, 1.165) is 11.1 Å². The summed E-state index contributed by atoms with van der Waals surface area (Å²) in [6.45, 7) is 4.35. The van der Waals surface area contributed by atoms with E-state index in [0.29, 0.717) is 35.3 Å². The Labute approximate surface area is 165 Å². The molecule has 1 amide bonds. The van der Waals surface area contributed by atoms with E-state index in [1.807, 2.05) is 44.2 Å². The number of halogens is 1. The molecule has 0 fully saturated rings. The van der Waals surface area contributed by atoms with Crippen LogP contribution >= 0.6 is 11.6 Å². The zero-order valence-electron chi connectivity index (χ0n) is 16.2. The van der Waals surface area contributed by atoms with Crippen molar-refractivity contribution in [2.24, 2.45) is 0 Å². The Kier molecular flexibility index (Phi) is 7.80. The highest BCUT2D eigenvalue weighted by atomic mass is 35.5. The topological polar surface area (TPSA) is 56.8 Å². The summed E-state index contributed by atoms with van der Waals surface area (Å²) in [4.78, 5) is 12.4. The van der Waals surface area contributed by atoms with Gasteiger partial charge in [0.25, 0.3) is 0 Å². The molecule has 0 radical (unpaired) electrons. The molecule has 6 heteroatoms. The first-order valence-corrected chi connectivity index (χ1v) is 9.26. The van der Waals surface area contributed by atoms with Crippen molar-refractivity contribution in [1.29, 1.82) is 0 Å². The molecule has 1 atom stereocenters. The first-order valence-electron chi connectivity index (χ1n) is 8.88. The molecule has 0 bridgehead atoms. The van der Waals surface area contributed by atoms with Gasteiger partial charge in [-0.25, -0.2) is 0 Å². The minimum absolute atomic E-state index is 0.0367. The summed E-state index contributed by atoms with van der Waals surface area (Å²) in [6.07, 6.45) is 0.895. The van der Waals surface area contributed by atoms with E-state index in [1.165, 1.54) is 0 Å². The number of rotatable bonds is 9. The average Bonchev–Trinajstić information content (AvgIpc) is 2.64. The van der Waals surface area contributed by atoms with Crippen molar-refractivity contribution in [3.05, 3.63) is 52.5 Å². The van der Waals surface area contributed by atoms with Crippen LogP contribution in [0.15, 0.2) is 36.4 Å². The molecule has 2 aromatic carbocycles. The van der Waals surface area contributed by atoms with Crippen LogP contribution in [0.2, 0.25) is 5.02 Å². The number of amides is 1. The largest absolute Gasteiger partial charge is 0.493 e. The minimum Gasteiger partial charge on any atom is -0.493 e. The van der Waals surface area contributed by atoms with Crippen LogP contribution in [-0.4, -0.2) is 32.8 Å². The average molecular weight is 392 g/mol. The second-order valence-corrected chi connectivity index (χ2v) is 6.61. The Balaban J connectivity index is 1.99. The Morgan fingerprint density at radius 2 is 1.89 bits per heavy atom. The van der Waals surface area contributed by atoms with Crippen LogP contribution in [-0.2, 0) is 17.6 Å². The maximum Gasteiger partial charge on any atom is 0.224 e. The van der Waals surface area contributed by atoms with Crippen molar-refractivity contribution < 1.29 is 19.0 Å². The molecule has 146 valence electrons. The molecule has 0 aliphatic carbocycles. The van der Waals surface area contributed by atoms with Crippen LogP contribution in [0, 0.1) is 0 Å². The van der Waals surface area contributed by atoms with Crippen LogP contribution in [0.25, 0.3) is 0 Å². The Morgan fingerprint density at radius 3 is 2.56 bits per heavy atom. The van der Waals surface area contributed by atoms with Crippen molar-refractivity contribution in [2.75, 3.05) is 20.8 Å². The van der Waals surface area contributed by atoms with Crippen molar-refractivity contribution in [3.63, 3.8) is 0 Å². The number of hydrogen-bond acceptors (Lipinski definition) is 4. The SMILES string of the molecule is CCOc1c(Cl)cccc1CC(=O)N[C@@H](C)Cc1ccc(OC)c(OC)c1. The van der Waals surface area contributed by atoms with Crippen molar-refractivity contribution >= 4 is 17.5 Å². The molecule has 2 aromatic rings. The van der Waals surface area contributed by atoms with Gasteiger partial charge in [0.1, 0.15) is 5.75 Å². The van der Waals surface area contributed by atoms with Gasteiger partial charge in [-0.1, -0.05) is 29.8 Å². The highest BCUT2D eigenvalue weighted by molar-refractivity contribution is 6.32. The number of carbonyl (C=O) groups excluding carboxylic acids is 1. The molecule has 2 rings (SSSR count). The van der Waals surface area contributed by atoms with Crippen LogP contribution in [0.5, 0.6) is 17.2 Å². The van der Waals surface area contributed by atoms with Gasteiger partial charge in [0.05, 0.1) is 32.3 Å². The Morgan fingerprint density at radius 1 is 1.15 bits per heavy atom. The van der Waals surface area contributed by atoms with E-state index in [1.54, 1.807) is 20.3 Å². The standard InChI is InChI=1S/C21H26ClNO4/c1-5-27-21-16(7-6-8-17(21)22)13-20(24)23-14(2)11-15-9-10-18(25-3)19(12-15)26-4/h6-10,12,14H,5,11,13H2,1-4H3,(H,23,24)/t14-/m0/s1.